The van der Waals surface area contributed by atoms with Gasteiger partial charge in [0.05, 0.1) is 25.6 Å². The Morgan fingerprint density at radius 1 is 0.862 bits per heavy atom. The van der Waals surface area contributed by atoms with Crippen LogP contribution in [0.2, 0.25) is 0 Å². The smallest absolute Gasteiger partial charge is 0.411 e. The van der Waals surface area contributed by atoms with Crippen molar-refractivity contribution in [2.45, 2.75) is 13.2 Å². The minimum atomic E-state index is -0.546. The number of hydrogen-bond donors (Lipinski definition) is 2. The Hall–Kier alpha value is -3.67. The van der Waals surface area contributed by atoms with E-state index in [9.17, 15) is 4.79 Å². The maximum Gasteiger partial charge on any atom is 0.411 e. The minimum Gasteiger partial charge on any atom is -0.493 e. The first-order chi connectivity index (χ1) is 14.2. The van der Waals surface area contributed by atoms with Gasteiger partial charge >= 0.3 is 6.09 Å². The molecule has 0 aromatic heterocycles. The molecule has 0 fully saturated rings. The SMILES string of the molecule is COc1cc(NC(=O)OCc2ccccc2)cc(NCc2ccccc2)c1OC. The summed E-state index contributed by atoms with van der Waals surface area (Å²) < 4.78 is 16.2. The maximum absolute atomic E-state index is 12.2. The van der Waals surface area contributed by atoms with E-state index >= 15 is 0 Å². The number of ether oxygens (including phenoxy) is 3. The molecule has 150 valence electrons. The van der Waals surface area contributed by atoms with Gasteiger partial charge in [-0.15, -0.1) is 0 Å². The Bertz CT molecular complexity index is 930. The van der Waals surface area contributed by atoms with Crippen molar-refractivity contribution in [3.05, 3.63) is 83.9 Å². The van der Waals surface area contributed by atoms with Gasteiger partial charge in [-0.3, -0.25) is 5.32 Å². The van der Waals surface area contributed by atoms with E-state index < -0.39 is 6.09 Å². The predicted molar refractivity (Wildman–Crippen MR) is 114 cm³/mol. The number of carbonyl (C=O) groups is 1. The van der Waals surface area contributed by atoms with Crippen LogP contribution in [-0.2, 0) is 17.9 Å². The first-order valence-electron chi connectivity index (χ1n) is 9.21. The molecule has 0 bridgehead atoms. The third kappa shape index (κ3) is 5.65. The van der Waals surface area contributed by atoms with E-state index in [4.69, 9.17) is 14.2 Å². The highest BCUT2D eigenvalue weighted by atomic mass is 16.5. The fraction of sp³-hybridized carbons (Fsp3) is 0.174. The van der Waals surface area contributed by atoms with Crippen LogP contribution in [0.15, 0.2) is 72.8 Å². The Kier molecular flexibility index (Phi) is 6.95. The molecule has 6 heteroatoms. The van der Waals surface area contributed by atoms with Crippen LogP contribution in [0.1, 0.15) is 11.1 Å². The highest BCUT2D eigenvalue weighted by molar-refractivity contribution is 5.87. The number of amides is 1. The van der Waals surface area contributed by atoms with Gasteiger partial charge in [-0.1, -0.05) is 60.7 Å². The lowest BCUT2D eigenvalue weighted by atomic mass is 10.2. The fourth-order valence-corrected chi connectivity index (χ4v) is 2.84. The zero-order valence-electron chi connectivity index (χ0n) is 16.5. The van der Waals surface area contributed by atoms with Crippen LogP contribution in [0, 0.1) is 0 Å². The van der Waals surface area contributed by atoms with Gasteiger partial charge in [-0.2, -0.15) is 0 Å². The molecule has 0 saturated heterocycles. The van der Waals surface area contributed by atoms with E-state index in [-0.39, 0.29) is 6.61 Å². The predicted octanol–water partition coefficient (Wildman–Crippen LogP) is 5.06. The number of methoxy groups -OCH3 is 2. The molecule has 0 saturated carbocycles. The van der Waals surface area contributed by atoms with Crippen molar-refractivity contribution in [2.75, 3.05) is 24.9 Å². The summed E-state index contributed by atoms with van der Waals surface area (Å²) in [6.45, 7) is 0.793. The monoisotopic (exact) mass is 392 g/mol. The number of hydrogen-bond acceptors (Lipinski definition) is 5. The Morgan fingerprint density at radius 3 is 2.14 bits per heavy atom. The molecule has 29 heavy (non-hydrogen) atoms. The van der Waals surface area contributed by atoms with Crippen LogP contribution >= 0.6 is 0 Å². The number of rotatable bonds is 8. The average molecular weight is 392 g/mol. The van der Waals surface area contributed by atoms with Crippen molar-refractivity contribution < 1.29 is 19.0 Å². The molecule has 3 aromatic rings. The van der Waals surface area contributed by atoms with Crippen molar-refractivity contribution in [1.29, 1.82) is 0 Å². The topological polar surface area (TPSA) is 68.8 Å². The second kappa shape index (κ2) is 10.0. The fourth-order valence-electron chi connectivity index (χ4n) is 2.84. The zero-order chi connectivity index (χ0) is 20.5. The normalized spacial score (nSPS) is 10.1. The molecule has 3 aromatic carbocycles. The molecule has 0 aliphatic rings. The number of carbonyl (C=O) groups excluding carboxylic acids is 1. The maximum atomic E-state index is 12.2. The van der Waals surface area contributed by atoms with Crippen LogP contribution in [0.25, 0.3) is 0 Å². The van der Waals surface area contributed by atoms with Crippen LogP contribution in [0.5, 0.6) is 11.5 Å². The van der Waals surface area contributed by atoms with Gasteiger partial charge < -0.3 is 19.5 Å². The summed E-state index contributed by atoms with van der Waals surface area (Å²) in [5.74, 6) is 1.07. The van der Waals surface area contributed by atoms with Gasteiger partial charge in [0.15, 0.2) is 11.5 Å². The van der Waals surface area contributed by atoms with Crippen LogP contribution in [-0.4, -0.2) is 20.3 Å². The Balaban J connectivity index is 1.71. The summed E-state index contributed by atoms with van der Waals surface area (Å²) in [6, 6.07) is 23.0. The third-order valence-corrected chi connectivity index (χ3v) is 4.26. The summed E-state index contributed by atoms with van der Waals surface area (Å²) in [7, 11) is 3.13. The standard InChI is InChI=1S/C23H24N2O4/c1-27-21-14-19(25-23(26)29-16-18-11-7-4-8-12-18)13-20(22(21)28-2)24-15-17-9-5-3-6-10-17/h3-14,24H,15-16H2,1-2H3,(H,25,26). The van der Waals surface area contributed by atoms with Crippen molar-refractivity contribution >= 4 is 17.5 Å². The number of nitrogens with one attached hydrogen (secondary N) is 2. The van der Waals surface area contributed by atoms with Crippen molar-refractivity contribution in [3.8, 4) is 11.5 Å². The van der Waals surface area contributed by atoms with Crippen molar-refractivity contribution in [3.63, 3.8) is 0 Å². The van der Waals surface area contributed by atoms with Crippen molar-refractivity contribution in [2.24, 2.45) is 0 Å². The van der Waals surface area contributed by atoms with Crippen LogP contribution < -0.4 is 20.1 Å². The summed E-state index contributed by atoms with van der Waals surface area (Å²) >= 11 is 0. The van der Waals surface area contributed by atoms with E-state index in [0.717, 1.165) is 11.1 Å². The molecule has 2 N–H and O–H groups in total. The lowest BCUT2D eigenvalue weighted by Gasteiger charge is -2.17. The second-order valence-electron chi connectivity index (χ2n) is 6.29. The molecule has 3 rings (SSSR count). The second-order valence-corrected chi connectivity index (χ2v) is 6.29. The van der Waals surface area contributed by atoms with Gasteiger partial charge in [0.2, 0.25) is 0 Å². The summed E-state index contributed by atoms with van der Waals surface area (Å²) in [5.41, 5.74) is 3.28. The molecule has 0 aliphatic carbocycles. The highest BCUT2D eigenvalue weighted by Crippen LogP contribution is 2.38. The van der Waals surface area contributed by atoms with Crippen LogP contribution in [0.3, 0.4) is 0 Å². The minimum absolute atomic E-state index is 0.194. The van der Waals surface area contributed by atoms with E-state index in [1.54, 1.807) is 26.4 Å². The molecule has 6 nitrogen and oxygen atoms in total. The zero-order valence-corrected chi connectivity index (χ0v) is 16.5. The largest absolute Gasteiger partial charge is 0.493 e. The molecular formula is C23H24N2O4. The highest BCUT2D eigenvalue weighted by Gasteiger charge is 2.14. The molecule has 0 spiro atoms. The van der Waals surface area contributed by atoms with Crippen LogP contribution in [0.4, 0.5) is 16.2 Å². The lowest BCUT2D eigenvalue weighted by Crippen LogP contribution is -2.14. The Morgan fingerprint density at radius 2 is 1.52 bits per heavy atom. The van der Waals surface area contributed by atoms with E-state index in [0.29, 0.717) is 29.4 Å². The molecule has 0 radical (unpaired) electrons. The molecule has 0 heterocycles. The molecule has 1 amide bonds. The quantitative estimate of drug-likeness (QED) is 0.560. The molecule has 0 atom stereocenters. The molecule has 0 unspecified atom stereocenters. The third-order valence-electron chi connectivity index (χ3n) is 4.26. The van der Waals surface area contributed by atoms with Gasteiger partial charge in [0.1, 0.15) is 6.61 Å². The van der Waals surface area contributed by atoms with E-state index in [1.807, 2.05) is 60.7 Å². The molecule has 0 aliphatic heterocycles. The first-order valence-corrected chi connectivity index (χ1v) is 9.21. The number of benzene rings is 3. The van der Waals surface area contributed by atoms with Gasteiger partial charge in [0, 0.05) is 12.6 Å². The lowest BCUT2D eigenvalue weighted by molar-refractivity contribution is 0.155. The van der Waals surface area contributed by atoms with E-state index in [1.165, 1.54) is 0 Å². The summed E-state index contributed by atoms with van der Waals surface area (Å²) in [6.07, 6.45) is -0.546. The van der Waals surface area contributed by atoms with Crippen molar-refractivity contribution in [1.82, 2.24) is 0 Å². The summed E-state index contributed by atoms with van der Waals surface area (Å²) in [5, 5.41) is 6.07. The average Bonchev–Trinajstić information content (AvgIpc) is 2.77. The molecular weight excluding hydrogens is 368 g/mol. The van der Waals surface area contributed by atoms with Gasteiger partial charge in [0.25, 0.3) is 0 Å². The van der Waals surface area contributed by atoms with Gasteiger partial charge in [-0.05, 0) is 17.2 Å². The first kappa shape index (κ1) is 20.1. The summed E-state index contributed by atoms with van der Waals surface area (Å²) in [4.78, 5) is 12.2. The Labute approximate surface area is 170 Å². The van der Waals surface area contributed by atoms with Gasteiger partial charge in [-0.25, -0.2) is 4.79 Å². The van der Waals surface area contributed by atoms with E-state index in [2.05, 4.69) is 10.6 Å². The number of anilines is 2.